The lowest BCUT2D eigenvalue weighted by Gasteiger charge is -1.98. The maximum atomic E-state index is 10.6. The SMILES string of the molecule is NCCC(=O)NCCBr. The van der Waals surface area contributed by atoms with Gasteiger partial charge in [-0.25, -0.2) is 0 Å². The highest BCUT2D eigenvalue weighted by atomic mass is 79.9. The first-order chi connectivity index (χ1) is 4.31. The zero-order valence-corrected chi connectivity index (χ0v) is 6.78. The summed E-state index contributed by atoms with van der Waals surface area (Å²) in [5, 5.41) is 3.46. The van der Waals surface area contributed by atoms with Crippen molar-refractivity contribution in [2.24, 2.45) is 5.73 Å². The highest BCUT2D eigenvalue weighted by Gasteiger charge is 1.94. The second-order valence-electron chi connectivity index (χ2n) is 1.58. The van der Waals surface area contributed by atoms with E-state index < -0.39 is 0 Å². The average molecular weight is 195 g/mol. The molecule has 0 heterocycles. The van der Waals surface area contributed by atoms with Crippen molar-refractivity contribution < 1.29 is 4.79 Å². The molecule has 0 saturated heterocycles. The molecule has 0 radical (unpaired) electrons. The van der Waals surface area contributed by atoms with E-state index in [1.54, 1.807) is 0 Å². The second-order valence-corrected chi connectivity index (χ2v) is 2.37. The van der Waals surface area contributed by atoms with E-state index >= 15 is 0 Å². The lowest BCUT2D eigenvalue weighted by molar-refractivity contribution is -0.120. The van der Waals surface area contributed by atoms with Gasteiger partial charge in [-0.15, -0.1) is 0 Å². The minimum atomic E-state index is 0.0250. The van der Waals surface area contributed by atoms with Crippen LogP contribution in [-0.4, -0.2) is 24.3 Å². The molecule has 3 N–H and O–H groups in total. The highest BCUT2D eigenvalue weighted by Crippen LogP contribution is 1.77. The lowest BCUT2D eigenvalue weighted by atomic mass is 10.4. The zero-order valence-electron chi connectivity index (χ0n) is 5.19. The highest BCUT2D eigenvalue weighted by molar-refractivity contribution is 9.09. The van der Waals surface area contributed by atoms with Crippen LogP contribution in [0.2, 0.25) is 0 Å². The normalized spacial score (nSPS) is 9.11. The van der Waals surface area contributed by atoms with Crippen molar-refractivity contribution in [3.63, 3.8) is 0 Å². The fourth-order valence-electron chi connectivity index (χ4n) is 0.406. The Kier molecular flexibility index (Phi) is 5.98. The Bertz CT molecular complexity index is 87.0. The maximum Gasteiger partial charge on any atom is 0.221 e. The maximum absolute atomic E-state index is 10.6. The summed E-state index contributed by atoms with van der Waals surface area (Å²) in [7, 11) is 0. The van der Waals surface area contributed by atoms with E-state index in [0.717, 1.165) is 5.33 Å². The van der Waals surface area contributed by atoms with Crippen molar-refractivity contribution in [1.82, 2.24) is 5.32 Å². The molecule has 0 unspecified atom stereocenters. The zero-order chi connectivity index (χ0) is 7.11. The van der Waals surface area contributed by atoms with Crippen molar-refractivity contribution in [3.05, 3.63) is 0 Å². The molecular weight excluding hydrogens is 184 g/mol. The molecule has 0 aliphatic heterocycles. The molecule has 0 aliphatic rings. The second kappa shape index (κ2) is 6.04. The van der Waals surface area contributed by atoms with E-state index in [4.69, 9.17) is 5.73 Å². The summed E-state index contributed by atoms with van der Waals surface area (Å²) in [5.74, 6) is 0.0250. The van der Waals surface area contributed by atoms with Gasteiger partial charge in [0.25, 0.3) is 0 Å². The Morgan fingerprint density at radius 2 is 2.33 bits per heavy atom. The quantitative estimate of drug-likeness (QED) is 0.612. The van der Waals surface area contributed by atoms with Crippen LogP contribution in [0, 0.1) is 0 Å². The molecule has 4 heteroatoms. The molecule has 0 aromatic carbocycles. The minimum Gasteiger partial charge on any atom is -0.355 e. The number of nitrogens with two attached hydrogens (primary N) is 1. The number of carbonyl (C=O) groups excluding carboxylic acids is 1. The van der Waals surface area contributed by atoms with Gasteiger partial charge in [-0.05, 0) is 0 Å². The van der Waals surface area contributed by atoms with E-state index in [2.05, 4.69) is 21.2 Å². The molecule has 9 heavy (non-hydrogen) atoms. The number of halogens is 1. The standard InChI is InChI=1S/C5H11BrN2O/c6-2-4-8-5(9)1-3-7/h1-4,7H2,(H,8,9). The van der Waals surface area contributed by atoms with Gasteiger partial charge in [0.15, 0.2) is 0 Å². The van der Waals surface area contributed by atoms with Gasteiger partial charge < -0.3 is 11.1 Å². The van der Waals surface area contributed by atoms with Crippen LogP contribution in [0.15, 0.2) is 0 Å². The van der Waals surface area contributed by atoms with E-state index in [1.807, 2.05) is 0 Å². The van der Waals surface area contributed by atoms with Gasteiger partial charge >= 0.3 is 0 Å². The molecular formula is C5H11BrN2O. The molecule has 0 aromatic rings. The Labute approximate surface area is 63.1 Å². The van der Waals surface area contributed by atoms with Crippen molar-refractivity contribution >= 4 is 21.8 Å². The summed E-state index contributed by atoms with van der Waals surface area (Å²) in [6, 6.07) is 0. The third kappa shape index (κ3) is 5.79. The van der Waals surface area contributed by atoms with Crippen LogP contribution in [-0.2, 0) is 4.79 Å². The molecule has 0 aliphatic carbocycles. The van der Waals surface area contributed by atoms with Gasteiger partial charge in [0.1, 0.15) is 0 Å². The topological polar surface area (TPSA) is 55.1 Å². The van der Waals surface area contributed by atoms with Crippen molar-refractivity contribution in [1.29, 1.82) is 0 Å². The molecule has 0 bridgehead atoms. The van der Waals surface area contributed by atoms with Gasteiger partial charge in [0, 0.05) is 24.8 Å². The first-order valence-corrected chi connectivity index (χ1v) is 3.96. The Morgan fingerprint density at radius 1 is 1.67 bits per heavy atom. The summed E-state index contributed by atoms with van der Waals surface area (Å²) in [4.78, 5) is 10.6. The monoisotopic (exact) mass is 194 g/mol. The number of rotatable bonds is 4. The predicted octanol–water partition coefficient (Wildman–Crippen LogP) is -0.154. The average Bonchev–Trinajstić information content (AvgIpc) is 1.85. The van der Waals surface area contributed by atoms with Crippen LogP contribution in [0.25, 0.3) is 0 Å². The summed E-state index contributed by atoms with van der Waals surface area (Å²) in [6.07, 6.45) is 0.424. The number of hydrogen-bond acceptors (Lipinski definition) is 2. The number of alkyl halides is 1. The number of carbonyl (C=O) groups is 1. The molecule has 0 fully saturated rings. The minimum absolute atomic E-state index is 0.0250. The van der Waals surface area contributed by atoms with E-state index in [1.165, 1.54) is 0 Å². The number of hydrogen-bond donors (Lipinski definition) is 2. The molecule has 0 spiro atoms. The Balaban J connectivity index is 3.06. The van der Waals surface area contributed by atoms with Crippen LogP contribution < -0.4 is 11.1 Å². The molecule has 0 atom stereocenters. The van der Waals surface area contributed by atoms with Gasteiger partial charge in [0.2, 0.25) is 5.91 Å². The first-order valence-electron chi connectivity index (χ1n) is 2.84. The van der Waals surface area contributed by atoms with E-state index in [-0.39, 0.29) is 5.91 Å². The van der Waals surface area contributed by atoms with Crippen LogP contribution in [0.3, 0.4) is 0 Å². The molecule has 0 rings (SSSR count). The summed E-state index contributed by atoms with van der Waals surface area (Å²) < 4.78 is 0. The third-order valence-corrected chi connectivity index (χ3v) is 1.18. The van der Waals surface area contributed by atoms with Crippen molar-refractivity contribution in [3.8, 4) is 0 Å². The fraction of sp³-hybridized carbons (Fsp3) is 0.800. The molecule has 1 amide bonds. The largest absolute Gasteiger partial charge is 0.355 e. The van der Waals surface area contributed by atoms with Crippen LogP contribution >= 0.6 is 15.9 Å². The van der Waals surface area contributed by atoms with E-state index in [0.29, 0.717) is 19.5 Å². The fourth-order valence-corrected chi connectivity index (χ4v) is 0.604. The summed E-state index contributed by atoms with van der Waals surface area (Å²) in [5.41, 5.74) is 5.13. The molecule has 3 nitrogen and oxygen atoms in total. The van der Waals surface area contributed by atoms with E-state index in [9.17, 15) is 4.79 Å². The summed E-state index contributed by atoms with van der Waals surface area (Å²) >= 11 is 3.18. The van der Waals surface area contributed by atoms with Gasteiger partial charge in [-0.2, -0.15) is 0 Å². The first kappa shape index (κ1) is 8.91. The molecule has 54 valence electrons. The van der Waals surface area contributed by atoms with Crippen molar-refractivity contribution in [2.45, 2.75) is 6.42 Å². The van der Waals surface area contributed by atoms with Crippen LogP contribution in [0.5, 0.6) is 0 Å². The third-order valence-electron chi connectivity index (χ3n) is 0.788. The molecule has 0 aromatic heterocycles. The van der Waals surface area contributed by atoms with Crippen LogP contribution in [0.1, 0.15) is 6.42 Å². The van der Waals surface area contributed by atoms with Gasteiger partial charge in [-0.1, -0.05) is 15.9 Å². The molecule has 0 saturated carbocycles. The summed E-state index contributed by atoms with van der Waals surface area (Å²) in [6.45, 7) is 1.10. The lowest BCUT2D eigenvalue weighted by Crippen LogP contribution is -2.26. The predicted molar refractivity (Wildman–Crippen MR) is 40.5 cm³/mol. The number of amides is 1. The number of nitrogens with one attached hydrogen (secondary N) is 1. The Hall–Kier alpha value is -0.0900. The van der Waals surface area contributed by atoms with Gasteiger partial charge in [-0.3, -0.25) is 4.79 Å². The van der Waals surface area contributed by atoms with Crippen molar-refractivity contribution in [2.75, 3.05) is 18.4 Å². The van der Waals surface area contributed by atoms with Gasteiger partial charge in [0.05, 0.1) is 0 Å². The Morgan fingerprint density at radius 3 is 2.78 bits per heavy atom. The van der Waals surface area contributed by atoms with Crippen LogP contribution in [0.4, 0.5) is 0 Å². The smallest absolute Gasteiger partial charge is 0.221 e.